The Balaban J connectivity index is 3.12. The van der Waals surface area contributed by atoms with Crippen LogP contribution < -0.4 is 0 Å². The number of alkyl halides is 2. The van der Waals surface area contributed by atoms with Gasteiger partial charge in [-0.3, -0.25) is 4.68 Å². The van der Waals surface area contributed by atoms with E-state index in [1.54, 1.807) is 6.92 Å². The first-order valence-corrected chi connectivity index (χ1v) is 6.44. The molecule has 8 heteroatoms. The van der Waals surface area contributed by atoms with E-state index in [0.717, 1.165) is 10.9 Å². The van der Waals surface area contributed by atoms with Crippen LogP contribution in [0.3, 0.4) is 0 Å². The highest BCUT2D eigenvalue weighted by Crippen LogP contribution is 2.19. The van der Waals surface area contributed by atoms with Crippen LogP contribution >= 0.6 is 10.7 Å². The summed E-state index contributed by atoms with van der Waals surface area (Å²) in [5.74, 6) is 0. The monoisotopic (exact) mass is 258 g/mol. The summed E-state index contributed by atoms with van der Waals surface area (Å²) >= 11 is 0. The van der Waals surface area contributed by atoms with Gasteiger partial charge in [0.25, 0.3) is 15.5 Å². The van der Waals surface area contributed by atoms with E-state index >= 15 is 0 Å². The molecule has 1 aromatic heterocycles. The molecule has 0 aliphatic heterocycles. The molecule has 0 radical (unpaired) electrons. The normalized spacial score (nSPS) is 12.3. The van der Waals surface area contributed by atoms with Gasteiger partial charge in [0, 0.05) is 16.9 Å². The first-order chi connectivity index (χ1) is 6.84. The molecular formula is C7H9ClF2N2O2S. The van der Waals surface area contributed by atoms with Gasteiger partial charge in [-0.25, -0.2) is 17.2 Å². The fourth-order valence-electron chi connectivity index (χ4n) is 1.13. The maximum atomic E-state index is 12.0. The summed E-state index contributed by atoms with van der Waals surface area (Å²) in [4.78, 5) is -0.202. The third kappa shape index (κ3) is 3.13. The summed E-state index contributed by atoms with van der Waals surface area (Å²) in [5, 5.41) is 3.71. The third-order valence-electron chi connectivity index (χ3n) is 1.72. The lowest BCUT2D eigenvalue weighted by atomic mass is 10.3. The second-order valence-electron chi connectivity index (χ2n) is 2.84. The van der Waals surface area contributed by atoms with Crippen LogP contribution in [0, 0.1) is 0 Å². The molecule has 0 amide bonds. The molecule has 0 unspecified atom stereocenters. The van der Waals surface area contributed by atoms with Gasteiger partial charge in [0.05, 0.1) is 5.69 Å². The molecule has 1 rings (SSSR count). The maximum absolute atomic E-state index is 12.0. The Bertz CT molecular complexity index is 444. The lowest BCUT2D eigenvalue weighted by molar-refractivity contribution is 0.121. The van der Waals surface area contributed by atoms with Crippen molar-refractivity contribution in [3.63, 3.8) is 0 Å². The summed E-state index contributed by atoms with van der Waals surface area (Å²) in [6, 6.07) is 0. The Labute approximate surface area is 90.3 Å². The highest BCUT2D eigenvalue weighted by molar-refractivity contribution is 8.13. The number of nitrogens with zero attached hydrogens (tertiary/aromatic N) is 2. The number of hydrogen-bond acceptors (Lipinski definition) is 3. The molecule has 1 aromatic rings. The van der Waals surface area contributed by atoms with Gasteiger partial charge in [-0.05, 0) is 6.42 Å². The fraction of sp³-hybridized carbons (Fsp3) is 0.571. The van der Waals surface area contributed by atoms with E-state index in [-0.39, 0.29) is 10.6 Å². The summed E-state index contributed by atoms with van der Waals surface area (Å²) in [7, 11) is 1.21. The smallest absolute Gasteiger partial charge is 0.264 e. The van der Waals surface area contributed by atoms with Crippen molar-refractivity contribution in [2.24, 2.45) is 0 Å². The Morgan fingerprint density at radius 1 is 1.60 bits per heavy atom. The van der Waals surface area contributed by atoms with E-state index in [0.29, 0.717) is 6.42 Å². The van der Waals surface area contributed by atoms with Crippen LogP contribution in [0.5, 0.6) is 0 Å². The highest BCUT2D eigenvalue weighted by atomic mass is 35.7. The lowest BCUT2D eigenvalue weighted by Gasteiger charge is -1.97. The molecule has 0 saturated heterocycles. The van der Waals surface area contributed by atoms with E-state index in [1.165, 1.54) is 0 Å². The van der Waals surface area contributed by atoms with E-state index in [4.69, 9.17) is 10.7 Å². The molecule has 0 N–H and O–H groups in total. The van der Waals surface area contributed by atoms with Crippen molar-refractivity contribution >= 4 is 19.7 Å². The van der Waals surface area contributed by atoms with Gasteiger partial charge in [0.15, 0.2) is 0 Å². The van der Waals surface area contributed by atoms with Crippen LogP contribution in [0.4, 0.5) is 8.78 Å². The molecule has 0 fully saturated rings. The molecule has 0 aliphatic carbocycles. The third-order valence-corrected chi connectivity index (χ3v) is 3.09. The zero-order chi connectivity index (χ0) is 11.6. The number of halogens is 3. The second-order valence-corrected chi connectivity index (χ2v) is 5.38. The zero-order valence-corrected chi connectivity index (χ0v) is 9.39. The van der Waals surface area contributed by atoms with E-state index in [9.17, 15) is 17.2 Å². The van der Waals surface area contributed by atoms with Crippen LogP contribution in [0.1, 0.15) is 12.6 Å². The Morgan fingerprint density at radius 3 is 2.53 bits per heavy atom. The highest BCUT2D eigenvalue weighted by Gasteiger charge is 2.20. The molecule has 0 aromatic carbocycles. The van der Waals surface area contributed by atoms with Crippen molar-refractivity contribution in [2.75, 3.05) is 0 Å². The Hall–Kier alpha value is -0.690. The van der Waals surface area contributed by atoms with Gasteiger partial charge in [0.2, 0.25) is 0 Å². The lowest BCUT2D eigenvalue weighted by Crippen LogP contribution is -2.07. The predicted octanol–water partition coefficient (Wildman–Crippen LogP) is 1.64. The molecule has 86 valence electrons. The fourth-order valence-corrected chi connectivity index (χ4v) is 2.23. The summed E-state index contributed by atoms with van der Waals surface area (Å²) in [6.07, 6.45) is -1.24. The molecular weight excluding hydrogens is 250 g/mol. The molecule has 0 saturated carbocycles. The van der Waals surface area contributed by atoms with E-state index in [2.05, 4.69) is 5.10 Å². The van der Waals surface area contributed by atoms with Gasteiger partial charge < -0.3 is 0 Å². The standard InChI is InChI=1S/C7H9ClF2N2O2S/c1-2-5-6(15(8,13)14)3-12(11-5)4-7(9)10/h3,7H,2,4H2,1H3. The van der Waals surface area contributed by atoms with Crippen molar-refractivity contribution in [1.82, 2.24) is 9.78 Å². The molecule has 1 heterocycles. The molecule has 4 nitrogen and oxygen atoms in total. The average Bonchev–Trinajstić information content (AvgIpc) is 2.45. The van der Waals surface area contributed by atoms with Gasteiger partial charge >= 0.3 is 0 Å². The number of aromatic nitrogens is 2. The van der Waals surface area contributed by atoms with Crippen LogP contribution in [-0.2, 0) is 22.0 Å². The zero-order valence-electron chi connectivity index (χ0n) is 7.82. The molecule has 15 heavy (non-hydrogen) atoms. The van der Waals surface area contributed by atoms with Gasteiger partial charge in [-0.2, -0.15) is 5.10 Å². The molecule has 0 aliphatic rings. The topological polar surface area (TPSA) is 52.0 Å². The Morgan fingerprint density at radius 2 is 2.20 bits per heavy atom. The minimum Gasteiger partial charge on any atom is -0.265 e. The first kappa shape index (κ1) is 12.4. The van der Waals surface area contributed by atoms with E-state index in [1.807, 2.05) is 0 Å². The molecule has 0 bridgehead atoms. The predicted molar refractivity (Wildman–Crippen MR) is 50.6 cm³/mol. The average molecular weight is 259 g/mol. The van der Waals surface area contributed by atoms with Gasteiger partial charge in [-0.1, -0.05) is 6.92 Å². The second kappa shape index (κ2) is 4.44. The van der Waals surface area contributed by atoms with Crippen LogP contribution in [0.25, 0.3) is 0 Å². The number of rotatable bonds is 4. The number of aryl methyl sites for hydroxylation is 1. The van der Waals surface area contributed by atoms with Crippen molar-refractivity contribution < 1.29 is 17.2 Å². The Kier molecular flexibility index (Phi) is 3.67. The summed E-state index contributed by atoms with van der Waals surface area (Å²) in [5.41, 5.74) is 0.200. The maximum Gasteiger partial charge on any atom is 0.264 e. The SMILES string of the molecule is CCc1nn(CC(F)F)cc1S(=O)(=O)Cl. The minimum atomic E-state index is -3.92. The van der Waals surface area contributed by atoms with Crippen molar-refractivity contribution in [3.05, 3.63) is 11.9 Å². The van der Waals surface area contributed by atoms with Crippen LogP contribution in [-0.4, -0.2) is 24.6 Å². The number of hydrogen-bond donors (Lipinski definition) is 0. The van der Waals surface area contributed by atoms with Crippen molar-refractivity contribution in [3.8, 4) is 0 Å². The van der Waals surface area contributed by atoms with Crippen molar-refractivity contribution in [2.45, 2.75) is 31.2 Å². The summed E-state index contributed by atoms with van der Waals surface area (Å²) < 4.78 is 47.0. The van der Waals surface area contributed by atoms with Crippen LogP contribution in [0.15, 0.2) is 11.1 Å². The van der Waals surface area contributed by atoms with Gasteiger partial charge in [0.1, 0.15) is 11.4 Å². The van der Waals surface area contributed by atoms with Crippen LogP contribution in [0.2, 0.25) is 0 Å². The first-order valence-electron chi connectivity index (χ1n) is 4.13. The summed E-state index contributed by atoms with van der Waals surface area (Å²) in [6.45, 7) is 1.03. The van der Waals surface area contributed by atoms with Crippen molar-refractivity contribution in [1.29, 1.82) is 0 Å². The molecule has 0 spiro atoms. The quantitative estimate of drug-likeness (QED) is 0.772. The van der Waals surface area contributed by atoms with Gasteiger partial charge in [-0.15, -0.1) is 0 Å². The van der Waals surface area contributed by atoms with E-state index < -0.39 is 22.0 Å². The molecule has 0 atom stereocenters. The minimum absolute atomic E-state index is 0.200. The largest absolute Gasteiger partial charge is 0.265 e.